The Bertz CT molecular complexity index is 1210. The van der Waals surface area contributed by atoms with Crippen LogP contribution < -0.4 is 26.6 Å². The summed E-state index contributed by atoms with van der Waals surface area (Å²) in [6.07, 6.45) is 1.42. The summed E-state index contributed by atoms with van der Waals surface area (Å²) in [6.45, 7) is -0.494. The first-order valence-electron chi connectivity index (χ1n) is 9.09. The van der Waals surface area contributed by atoms with Crippen LogP contribution in [0, 0.1) is 0 Å². The number of carbonyl (C=O) groups excluding carboxylic acids is 2. The molecule has 158 valence electrons. The molecule has 0 radical (unpaired) electrons. The number of rotatable bonds is 7. The van der Waals surface area contributed by atoms with Crippen molar-refractivity contribution in [2.75, 3.05) is 13.7 Å². The molecule has 0 saturated heterocycles. The zero-order valence-electron chi connectivity index (χ0n) is 16.8. The van der Waals surface area contributed by atoms with E-state index in [2.05, 4.69) is 15.6 Å². The van der Waals surface area contributed by atoms with Crippen LogP contribution in [0.15, 0.2) is 40.2 Å². The van der Waals surface area contributed by atoms with Gasteiger partial charge >= 0.3 is 5.69 Å². The van der Waals surface area contributed by atoms with Gasteiger partial charge in [0.25, 0.3) is 5.56 Å². The molecule has 0 unspecified atom stereocenters. The molecule has 0 bridgehead atoms. The number of benzene rings is 1. The van der Waals surface area contributed by atoms with Crippen LogP contribution in [0.2, 0.25) is 0 Å². The first-order valence-corrected chi connectivity index (χ1v) is 9.09. The summed E-state index contributed by atoms with van der Waals surface area (Å²) in [5.74, 6) is -0.320. The molecule has 2 heterocycles. The average Bonchev–Trinajstić information content (AvgIpc) is 3.14. The molecule has 3 rings (SSSR count). The zero-order chi connectivity index (χ0) is 21.8. The minimum atomic E-state index is -0.662. The lowest BCUT2D eigenvalue weighted by Crippen LogP contribution is -2.45. The molecular weight excluding hydrogens is 392 g/mol. The van der Waals surface area contributed by atoms with Gasteiger partial charge in [0.2, 0.25) is 11.8 Å². The van der Waals surface area contributed by atoms with E-state index in [9.17, 15) is 19.2 Å². The number of imidazole rings is 1. The molecule has 30 heavy (non-hydrogen) atoms. The van der Waals surface area contributed by atoms with E-state index >= 15 is 0 Å². The van der Waals surface area contributed by atoms with Gasteiger partial charge < -0.3 is 19.9 Å². The maximum absolute atomic E-state index is 12.6. The van der Waals surface area contributed by atoms with Crippen molar-refractivity contribution in [1.82, 2.24) is 29.3 Å². The summed E-state index contributed by atoms with van der Waals surface area (Å²) in [7, 11) is 4.66. The third-order valence-corrected chi connectivity index (χ3v) is 4.60. The van der Waals surface area contributed by atoms with Gasteiger partial charge in [0.05, 0.1) is 20.0 Å². The van der Waals surface area contributed by atoms with E-state index in [1.807, 2.05) is 12.1 Å². The second kappa shape index (κ2) is 8.64. The molecule has 0 aliphatic heterocycles. The molecule has 11 nitrogen and oxygen atoms in total. The minimum Gasteiger partial charge on any atom is -0.497 e. The maximum atomic E-state index is 12.6. The summed E-state index contributed by atoms with van der Waals surface area (Å²) in [6, 6.07) is 7.18. The first kappa shape index (κ1) is 20.8. The van der Waals surface area contributed by atoms with Crippen molar-refractivity contribution >= 4 is 23.0 Å². The summed E-state index contributed by atoms with van der Waals surface area (Å²) < 4.78 is 8.57. The van der Waals surface area contributed by atoms with Crippen molar-refractivity contribution in [1.29, 1.82) is 0 Å². The van der Waals surface area contributed by atoms with Crippen molar-refractivity contribution in [3.05, 3.63) is 57.0 Å². The summed E-state index contributed by atoms with van der Waals surface area (Å²) in [5, 5.41) is 5.09. The summed E-state index contributed by atoms with van der Waals surface area (Å²) in [4.78, 5) is 53.2. The van der Waals surface area contributed by atoms with E-state index in [1.54, 1.807) is 26.3 Å². The lowest BCUT2D eigenvalue weighted by atomic mass is 10.2. The normalized spacial score (nSPS) is 10.8. The zero-order valence-corrected chi connectivity index (χ0v) is 16.8. The number of hydrogen-bond acceptors (Lipinski definition) is 6. The first-order chi connectivity index (χ1) is 14.3. The monoisotopic (exact) mass is 414 g/mol. The molecular formula is C19H22N6O5. The van der Waals surface area contributed by atoms with Gasteiger partial charge in [-0.25, -0.2) is 14.3 Å². The fourth-order valence-electron chi connectivity index (χ4n) is 2.92. The van der Waals surface area contributed by atoms with Crippen LogP contribution in [0.3, 0.4) is 0 Å². The Kier molecular flexibility index (Phi) is 6.00. The van der Waals surface area contributed by atoms with Gasteiger partial charge in [0.15, 0.2) is 11.2 Å². The van der Waals surface area contributed by atoms with Crippen molar-refractivity contribution in [3.63, 3.8) is 0 Å². The number of carbonyl (C=O) groups is 2. The number of aryl methyl sites for hydroxylation is 2. The Labute approximate surface area is 170 Å². The number of ether oxygens (including phenoxy) is 1. The number of methoxy groups -OCH3 is 1. The van der Waals surface area contributed by atoms with Crippen molar-refractivity contribution in [2.45, 2.75) is 13.1 Å². The number of nitrogens with one attached hydrogen (secondary N) is 2. The predicted octanol–water partition coefficient (Wildman–Crippen LogP) is -1.13. The molecule has 3 aromatic rings. The smallest absolute Gasteiger partial charge is 0.332 e. The Balaban J connectivity index is 1.59. The third-order valence-electron chi connectivity index (χ3n) is 4.60. The number of nitrogens with zero attached hydrogens (tertiary/aromatic N) is 4. The molecule has 2 amide bonds. The van der Waals surface area contributed by atoms with Crippen LogP contribution in [0.5, 0.6) is 5.75 Å². The fourth-order valence-corrected chi connectivity index (χ4v) is 2.92. The molecule has 0 atom stereocenters. The van der Waals surface area contributed by atoms with Gasteiger partial charge in [0, 0.05) is 20.6 Å². The predicted molar refractivity (Wildman–Crippen MR) is 108 cm³/mol. The SMILES string of the molecule is COc1ccc(CNC(=O)CNC(=O)Cn2c(=O)c3c(ncn3C)n(C)c2=O)cc1. The van der Waals surface area contributed by atoms with Gasteiger partial charge in [-0.3, -0.25) is 19.0 Å². The molecule has 0 spiro atoms. The molecule has 2 N–H and O–H groups in total. The average molecular weight is 414 g/mol. The van der Waals surface area contributed by atoms with Crippen LogP contribution in [0.1, 0.15) is 5.56 Å². The van der Waals surface area contributed by atoms with E-state index in [1.165, 1.54) is 22.5 Å². The highest BCUT2D eigenvalue weighted by Crippen LogP contribution is 2.10. The number of amides is 2. The summed E-state index contributed by atoms with van der Waals surface area (Å²) >= 11 is 0. The quantitative estimate of drug-likeness (QED) is 0.504. The lowest BCUT2D eigenvalue weighted by molar-refractivity contribution is -0.126. The molecule has 0 aliphatic carbocycles. The van der Waals surface area contributed by atoms with Gasteiger partial charge in [-0.1, -0.05) is 12.1 Å². The Morgan fingerprint density at radius 1 is 1.07 bits per heavy atom. The minimum absolute atomic E-state index is 0.210. The number of aromatic nitrogens is 4. The van der Waals surface area contributed by atoms with Crippen LogP contribution in [-0.2, 0) is 36.8 Å². The van der Waals surface area contributed by atoms with Gasteiger partial charge in [-0.2, -0.15) is 0 Å². The molecule has 0 fully saturated rings. The van der Waals surface area contributed by atoms with Crippen LogP contribution >= 0.6 is 0 Å². The largest absolute Gasteiger partial charge is 0.497 e. The second-order valence-corrected chi connectivity index (χ2v) is 6.66. The van der Waals surface area contributed by atoms with Gasteiger partial charge in [-0.05, 0) is 17.7 Å². The number of fused-ring (bicyclic) bond motifs is 1. The van der Waals surface area contributed by atoms with E-state index in [0.717, 1.165) is 10.1 Å². The van der Waals surface area contributed by atoms with Gasteiger partial charge in [0.1, 0.15) is 12.3 Å². The highest BCUT2D eigenvalue weighted by Gasteiger charge is 2.17. The van der Waals surface area contributed by atoms with E-state index in [0.29, 0.717) is 5.75 Å². The summed E-state index contributed by atoms with van der Waals surface area (Å²) in [5.41, 5.74) is 0.0386. The van der Waals surface area contributed by atoms with Crippen molar-refractivity contribution in [3.8, 4) is 5.75 Å². The fraction of sp³-hybridized carbons (Fsp3) is 0.316. The van der Waals surface area contributed by atoms with Crippen LogP contribution in [0.4, 0.5) is 0 Å². The molecule has 11 heteroatoms. The highest BCUT2D eigenvalue weighted by atomic mass is 16.5. The molecule has 1 aromatic carbocycles. The molecule has 2 aromatic heterocycles. The Hall–Kier alpha value is -3.89. The highest BCUT2D eigenvalue weighted by molar-refractivity contribution is 5.84. The van der Waals surface area contributed by atoms with Crippen molar-refractivity contribution in [2.24, 2.45) is 14.1 Å². The van der Waals surface area contributed by atoms with Crippen LogP contribution in [-0.4, -0.2) is 44.2 Å². The van der Waals surface area contributed by atoms with E-state index in [-0.39, 0.29) is 24.3 Å². The standard InChI is InChI=1S/C19H22N6O5/c1-23-11-22-17-16(23)18(28)25(19(29)24(17)2)10-15(27)21-9-14(26)20-8-12-4-6-13(30-3)7-5-12/h4-7,11H,8-10H2,1-3H3,(H,20,26)(H,21,27). The topological polar surface area (TPSA) is 129 Å². The number of hydrogen-bond donors (Lipinski definition) is 2. The molecule has 0 aliphatic rings. The Morgan fingerprint density at radius 3 is 2.43 bits per heavy atom. The van der Waals surface area contributed by atoms with Crippen LogP contribution in [0.25, 0.3) is 11.2 Å². The van der Waals surface area contributed by atoms with Crippen molar-refractivity contribution < 1.29 is 14.3 Å². The van der Waals surface area contributed by atoms with E-state index < -0.39 is 29.6 Å². The van der Waals surface area contributed by atoms with E-state index in [4.69, 9.17) is 4.74 Å². The third kappa shape index (κ3) is 4.24. The molecule has 0 saturated carbocycles. The lowest BCUT2D eigenvalue weighted by Gasteiger charge is -2.10. The second-order valence-electron chi connectivity index (χ2n) is 6.66. The Morgan fingerprint density at radius 2 is 1.77 bits per heavy atom. The maximum Gasteiger partial charge on any atom is 0.332 e. The van der Waals surface area contributed by atoms with Gasteiger partial charge in [-0.15, -0.1) is 0 Å².